The van der Waals surface area contributed by atoms with Gasteiger partial charge in [0.25, 0.3) is 0 Å². The number of rotatable bonds is 3. The summed E-state index contributed by atoms with van der Waals surface area (Å²) in [7, 11) is 0. The van der Waals surface area contributed by atoms with Crippen molar-refractivity contribution < 1.29 is 4.39 Å². The van der Waals surface area contributed by atoms with Gasteiger partial charge in [0.2, 0.25) is 0 Å². The van der Waals surface area contributed by atoms with Crippen molar-refractivity contribution in [2.75, 3.05) is 0 Å². The fourth-order valence-electron chi connectivity index (χ4n) is 1.59. The Bertz CT molecular complexity index is 355. The van der Waals surface area contributed by atoms with E-state index in [9.17, 15) is 4.39 Å². The molecule has 0 saturated carbocycles. The molecule has 84 valence electrons. The van der Waals surface area contributed by atoms with Crippen LogP contribution in [0.4, 0.5) is 4.39 Å². The summed E-state index contributed by atoms with van der Waals surface area (Å²) in [6, 6.07) is 3.50. The van der Waals surface area contributed by atoms with Crippen LogP contribution in [0.5, 0.6) is 0 Å². The van der Waals surface area contributed by atoms with Crippen LogP contribution in [0, 0.1) is 5.82 Å². The average molecular weight is 230 g/mol. The maximum Gasteiger partial charge on any atom is 0.144 e. The molecule has 15 heavy (non-hydrogen) atoms. The Morgan fingerprint density at radius 3 is 2.47 bits per heavy atom. The summed E-state index contributed by atoms with van der Waals surface area (Å²) in [5.41, 5.74) is 7.26. The van der Waals surface area contributed by atoms with Crippen molar-refractivity contribution in [1.29, 1.82) is 0 Å². The molecule has 0 atom stereocenters. The summed E-state index contributed by atoms with van der Waals surface area (Å²) in [6.45, 7) is 5.79. The first-order valence-corrected chi connectivity index (χ1v) is 5.47. The largest absolute Gasteiger partial charge is 0.325 e. The van der Waals surface area contributed by atoms with E-state index in [1.165, 1.54) is 0 Å². The molecule has 0 saturated heterocycles. The molecule has 1 nitrogen and oxygen atoms in total. The molecule has 3 heteroatoms. The molecule has 0 aliphatic heterocycles. The minimum absolute atomic E-state index is 0.189. The number of benzene rings is 1. The summed E-state index contributed by atoms with van der Waals surface area (Å²) < 4.78 is 13.5. The zero-order valence-electron chi connectivity index (χ0n) is 9.40. The predicted octanol–water partition coefficient (Wildman–Crippen LogP) is 3.32. The lowest BCUT2D eigenvalue weighted by atomic mass is 9.94. The van der Waals surface area contributed by atoms with Gasteiger partial charge < -0.3 is 5.73 Å². The quantitative estimate of drug-likeness (QED) is 0.846. The van der Waals surface area contributed by atoms with Gasteiger partial charge in [-0.25, -0.2) is 4.39 Å². The number of aryl methyl sites for hydroxylation is 1. The summed E-state index contributed by atoms with van der Waals surface area (Å²) in [4.78, 5) is 0. The SMILES string of the molecule is CCc1cc(CC(C)(C)N)cc(Cl)c1F. The van der Waals surface area contributed by atoms with Crippen molar-refractivity contribution in [3.8, 4) is 0 Å². The highest BCUT2D eigenvalue weighted by Crippen LogP contribution is 2.23. The minimum atomic E-state index is -0.308. The van der Waals surface area contributed by atoms with E-state index in [-0.39, 0.29) is 16.4 Å². The van der Waals surface area contributed by atoms with Gasteiger partial charge in [-0.3, -0.25) is 0 Å². The number of nitrogens with two attached hydrogens (primary N) is 1. The predicted molar refractivity (Wildman–Crippen MR) is 62.8 cm³/mol. The number of hydrogen-bond acceptors (Lipinski definition) is 1. The molecule has 1 aromatic carbocycles. The van der Waals surface area contributed by atoms with Crippen LogP contribution in [0.3, 0.4) is 0 Å². The smallest absolute Gasteiger partial charge is 0.144 e. The standard InChI is InChI=1S/C12H17ClFN/c1-4-9-5-8(7-12(2,3)15)6-10(13)11(9)14/h5-6H,4,7,15H2,1-3H3. The zero-order valence-corrected chi connectivity index (χ0v) is 10.2. The van der Waals surface area contributed by atoms with Crippen molar-refractivity contribution in [1.82, 2.24) is 0 Å². The molecule has 1 aromatic rings. The van der Waals surface area contributed by atoms with Crippen molar-refractivity contribution in [2.45, 2.75) is 39.2 Å². The van der Waals surface area contributed by atoms with E-state index in [2.05, 4.69) is 0 Å². The monoisotopic (exact) mass is 229 g/mol. The molecule has 0 aromatic heterocycles. The molecule has 0 unspecified atom stereocenters. The van der Waals surface area contributed by atoms with Crippen LogP contribution in [0.2, 0.25) is 5.02 Å². The molecule has 2 N–H and O–H groups in total. The van der Waals surface area contributed by atoms with Crippen LogP contribution >= 0.6 is 11.6 Å². The van der Waals surface area contributed by atoms with E-state index >= 15 is 0 Å². The van der Waals surface area contributed by atoms with Gasteiger partial charge in [0, 0.05) is 5.54 Å². The molecule has 0 aliphatic carbocycles. The van der Waals surface area contributed by atoms with E-state index < -0.39 is 0 Å². The molecular weight excluding hydrogens is 213 g/mol. The molecule has 0 heterocycles. The maximum absolute atomic E-state index is 13.5. The zero-order chi connectivity index (χ0) is 11.6. The summed E-state index contributed by atoms with van der Waals surface area (Å²) in [5, 5.41) is 0.189. The topological polar surface area (TPSA) is 26.0 Å². The van der Waals surface area contributed by atoms with Gasteiger partial charge in [-0.1, -0.05) is 24.6 Å². The molecular formula is C12H17ClFN. The molecule has 0 amide bonds. The second-order valence-electron chi connectivity index (χ2n) is 4.57. The Labute approximate surface area is 95.4 Å². The fourth-order valence-corrected chi connectivity index (χ4v) is 1.86. The van der Waals surface area contributed by atoms with Crippen LogP contribution in [0.25, 0.3) is 0 Å². The Morgan fingerprint density at radius 1 is 1.40 bits per heavy atom. The molecule has 0 fully saturated rings. The van der Waals surface area contributed by atoms with E-state index in [0.717, 1.165) is 5.56 Å². The highest BCUT2D eigenvalue weighted by atomic mass is 35.5. The van der Waals surface area contributed by atoms with Gasteiger partial charge in [0.05, 0.1) is 5.02 Å². The Morgan fingerprint density at radius 2 is 2.00 bits per heavy atom. The average Bonchev–Trinajstić information content (AvgIpc) is 2.08. The lowest BCUT2D eigenvalue weighted by Gasteiger charge is -2.19. The van der Waals surface area contributed by atoms with Crippen molar-refractivity contribution >= 4 is 11.6 Å². The molecule has 0 spiro atoms. The van der Waals surface area contributed by atoms with Gasteiger partial charge in [-0.2, -0.15) is 0 Å². The lowest BCUT2D eigenvalue weighted by Crippen LogP contribution is -2.34. The van der Waals surface area contributed by atoms with E-state index in [1.54, 1.807) is 6.07 Å². The highest BCUT2D eigenvalue weighted by Gasteiger charge is 2.14. The van der Waals surface area contributed by atoms with Crippen LogP contribution in [0.15, 0.2) is 12.1 Å². The highest BCUT2D eigenvalue weighted by molar-refractivity contribution is 6.30. The maximum atomic E-state index is 13.5. The van der Waals surface area contributed by atoms with Crippen LogP contribution in [0.1, 0.15) is 31.9 Å². The second kappa shape index (κ2) is 4.50. The second-order valence-corrected chi connectivity index (χ2v) is 4.98. The van der Waals surface area contributed by atoms with Crippen LogP contribution < -0.4 is 5.73 Å². The number of hydrogen-bond donors (Lipinski definition) is 1. The number of halogens is 2. The van der Waals surface area contributed by atoms with Gasteiger partial charge in [-0.05, 0) is 43.9 Å². The molecule has 1 rings (SSSR count). The van der Waals surface area contributed by atoms with Gasteiger partial charge in [0.1, 0.15) is 5.82 Å². The Kier molecular flexibility index (Phi) is 3.74. The fraction of sp³-hybridized carbons (Fsp3) is 0.500. The van der Waals surface area contributed by atoms with Crippen molar-refractivity contribution in [3.63, 3.8) is 0 Å². The molecule has 0 bridgehead atoms. The van der Waals surface area contributed by atoms with Gasteiger partial charge in [-0.15, -0.1) is 0 Å². The van der Waals surface area contributed by atoms with Crippen molar-refractivity contribution in [3.05, 3.63) is 34.1 Å². The summed E-state index contributed by atoms with van der Waals surface area (Å²) >= 11 is 5.81. The van der Waals surface area contributed by atoms with Gasteiger partial charge >= 0.3 is 0 Å². The third-order valence-electron chi connectivity index (χ3n) is 2.20. The molecule has 0 aliphatic rings. The Hall–Kier alpha value is -0.600. The third-order valence-corrected chi connectivity index (χ3v) is 2.48. The first kappa shape index (κ1) is 12.5. The summed E-state index contributed by atoms with van der Waals surface area (Å²) in [5.74, 6) is -0.308. The lowest BCUT2D eigenvalue weighted by molar-refractivity contribution is 0.515. The first-order chi connectivity index (χ1) is 6.83. The van der Waals surface area contributed by atoms with Gasteiger partial charge in [0.15, 0.2) is 0 Å². The first-order valence-electron chi connectivity index (χ1n) is 5.09. The van der Waals surface area contributed by atoms with E-state index in [0.29, 0.717) is 18.4 Å². The minimum Gasteiger partial charge on any atom is -0.325 e. The van der Waals surface area contributed by atoms with E-state index in [4.69, 9.17) is 17.3 Å². The Balaban J connectivity index is 3.06. The molecule has 0 radical (unpaired) electrons. The van der Waals surface area contributed by atoms with E-state index in [1.807, 2.05) is 26.8 Å². The normalized spacial score (nSPS) is 11.9. The van der Waals surface area contributed by atoms with Crippen LogP contribution in [-0.2, 0) is 12.8 Å². The van der Waals surface area contributed by atoms with Crippen LogP contribution in [-0.4, -0.2) is 5.54 Å². The van der Waals surface area contributed by atoms with Crippen molar-refractivity contribution in [2.24, 2.45) is 5.73 Å². The third kappa shape index (κ3) is 3.47. The summed E-state index contributed by atoms with van der Waals surface area (Å²) in [6.07, 6.45) is 1.34.